The minimum Gasteiger partial charge on any atom is -0.443 e. The van der Waals surface area contributed by atoms with Crippen LogP contribution in [0.25, 0.3) is 0 Å². The molecule has 3 N–H and O–H groups in total. The Balaban J connectivity index is 1.65. The molecule has 8 heteroatoms. The van der Waals surface area contributed by atoms with Crippen molar-refractivity contribution in [1.82, 2.24) is 20.1 Å². The highest BCUT2D eigenvalue weighted by Gasteiger charge is 2.30. The van der Waals surface area contributed by atoms with Crippen molar-refractivity contribution in [3.05, 3.63) is 5.82 Å². The highest BCUT2D eigenvalue weighted by atomic mass is 32.2. The maximum absolute atomic E-state index is 10.9. The number of carbonyl (C=O) groups is 1. The van der Waals surface area contributed by atoms with Crippen molar-refractivity contribution in [2.45, 2.75) is 36.7 Å². The van der Waals surface area contributed by atoms with E-state index >= 15 is 0 Å². The van der Waals surface area contributed by atoms with E-state index in [0.717, 1.165) is 11.0 Å². The highest BCUT2D eigenvalue weighted by molar-refractivity contribution is 7.99. The van der Waals surface area contributed by atoms with Crippen LogP contribution < -0.4 is 11.1 Å². The Kier molecular flexibility index (Phi) is 3.13. The fraction of sp³-hybridized carbons (Fsp3) is 0.700. The summed E-state index contributed by atoms with van der Waals surface area (Å²) < 4.78 is 7.20. The van der Waals surface area contributed by atoms with Crippen LogP contribution in [0.3, 0.4) is 0 Å². The lowest BCUT2D eigenvalue weighted by Gasteiger charge is -2.09. The first kappa shape index (κ1) is 11.8. The van der Waals surface area contributed by atoms with E-state index < -0.39 is 0 Å². The number of cyclic esters (lactones) is 1. The number of rotatable bonds is 5. The van der Waals surface area contributed by atoms with Crippen molar-refractivity contribution in [1.29, 1.82) is 0 Å². The zero-order chi connectivity index (χ0) is 12.5. The topological polar surface area (TPSA) is 95.1 Å². The number of hydrogen-bond donors (Lipinski definition) is 2. The fourth-order valence-corrected chi connectivity index (χ4v) is 2.95. The van der Waals surface area contributed by atoms with Gasteiger partial charge in [-0.3, -0.25) is 0 Å². The Labute approximate surface area is 108 Å². The Morgan fingerprint density at radius 2 is 2.33 bits per heavy atom. The molecule has 1 unspecified atom stereocenters. The van der Waals surface area contributed by atoms with Crippen molar-refractivity contribution >= 4 is 17.9 Å². The van der Waals surface area contributed by atoms with Crippen molar-refractivity contribution < 1.29 is 9.53 Å². The van der Waals surface area contributed by atoms with Crippen LogP contribution in [0.2, 0.25) is 0 Å². The molecule has 2 aliphatic rings. The van der Waals surface area contributed by atoms with Gasteiger partial charge in [-0.2, -0.15) is 0 Å². The zero-order valence-corrected chi connectivity index (χ0v) is 10.7. The summed E-state index contributed by atoms with van der Waals surface area (Å²) in [5.41, 5.74) is 5.65. The third-order valence-electron chi connectivity index (χ3n) is 2.98. The summed E-state index contributed by atoms with van der Waals surface area (Å²) in [6.07, 6.45) is 1.90. The molecule has 1 saturated heterocycles. The van der Waals surface area contributed by atoms with E-state index in [1.54, 1.807) is 11.8 Å². The summed E-state index contributed by atoms with van der Waals surface area (Å²) in [7, 11) is 0. The summed E-state index contributed by atoms with van der Waals surface area (Å²) >= 11 is 1.57. The molecule has 0 spiro atoms. The smallest absolute Gasteiger partial charge is 0.407 e. The molecule has 98 valence electrons. The third kappa shape index (κ3) is 2.30. The van der Waals surface area contributed by atoms with Gasteiger partial charge in [-0.1, -0.05) is 11.8 Å². The van der Waals surface area contributed by atoms with E-state index in [-0.39, 0.29) is 12.2 Å². The van der Waals surface area contributed by atoms with Crippen LogP contribution in [0.4, 0.5) is 4.79 Å². The van der Waals surface area contributed by atoms with E-state index in [4.69, 9.17) is 10.5 Å². The van der Waals surface area contributed by atoms with Crippen molar-refractivity contribution in [3.63, 3.8) is 0 Å². The molecule has 1 saturated carbocycles. The number of alkyl carbamates (subject to hydrolysis) is 1. The number of nitrogens with two attached hydrogens (primary N) is 1. The molecule has 2 fully saturated rings. The lowest BCUT2D eigenvalue weighted by atomic mass is 10.4. The fourth-order valence-electron chi connectivity index (χ4n) is 1.94. The quantitative estimate of drug-likeness (QED) is 0.745. The average Bonchev–Trinajstić information content (AvgIpc) is 2.99. The first-order valence-electron chi connectivity index (χ1n) is 5.99. The molecule has 0 bridgehead atoms. The summed E-state index contributed by atoms with van der Waals surface area (Å²) in [5, 5.41) is 11.8. The lowest BCUT2D eigenvalue weighted by molar-refractivity contribution is 0.150. The molecule has 1 aromatic heterocycles. The van der Waals surface area contributed by atoms with Gasteiger partial charge >= 0.3 is 6.09 Å². The van der Waals surface area contributed by atoms with Crippen LogP contribution in [-0.2, 0) is 11.3 Å². The maximum atomic E-state index is 10.9. The summed E-state index contributed by atoms with van der Waals surface area (Å²) in [5.74, 6) is 1.52. The predicted molar refractivity (Wildman–Crippen MR) is 65.2 cm³/mol. The molecule has 1 aliphatic heterocycles. The van der Waals surface area contributed by atoms with Crippen LogP contribution in [0.15, 0.2) is 5.16 Å². The van der Waals surface area contributed by atoms with Gasteiger partial charge in [-0.05, 0) is 12.8 Å². The standard InChI is InChI=1S/C10H15N5O2S/c11-3-8-13-14-9(15(8)6-1-2-6)18-5-7-4-12-10(16)17-7/h6-7H,1-5,11H2,(H,12,16). The summed E-state index contributed by atoms with van der Waals surface area (Å²) in [6.45, 7) is 0.969. The summed E-state index contributed by atoms with van der Waals surface area (Å²) in [6, 6.07) is 0.505. The molecule has 1 amide bonds. The van der Waals surface area contributed by atoms with E-state index in [0.29, 0.717) is 24.9 Å². The first-order chi connectivity index (χ1) is 8.78. The predicted octanol–water partition coefficient (Wildman–Crippen LogP) is 0.272. The number of nitrogens with one attached hydrogen (secondary N) is 1. The number of amides is 1. The molecule has 1 atom stereocenters. The Bertz CT molecular complexity index is 459. The Hall–Kier alpha value is -1.28. The van der Waals surface area contributed by atoms with Gasteiger partial charge in [0, 0.05) is 11.8 Å². The van der Waals surface area contributed by atoms with E-state index in [1.165, 1.54) is 12.8 Å². The van der Waals surface area contributed by atoms with Gasteiger partial charge in [0.1, 0.15) is 11.9 Å². The molecular weight excluding hydrogens is 254 g/mol. The monoisotopic (exact) mass is 269 g/mol. The van der Waals surface area contributed by atoms with Crippen LogP contribution >= 0.6 is 11.8 Å². The lowest BCUT2D eigenvalue weighted by Crippen LogP contribution is -2.17. The third-order valence-corrected chi connectivity index (χ3v) is 4.05. The van der Waals surface area contributed by atoms with E-state index in [2.05, 4.69) is 20.1 Å². The van der Waals surface area contributed by atoms with Gasteiger partial charge in [0.25, 0.3) is 0 Å². The minimum absolute atomic E-state index is 0.0896. The highest BCUT2D eigenvalue weighted by Crippen LogP contribution is 2.38. The SMILES string of the molecule is NCc1nnc(SCC2CNC(=O)O2)n1C1CC1. The van der Waals surface area contributed by atoms with Gasteiger partial charge in [-0.15, -0.1) is 10.2 Å². The number of aromatic nitrogens is 3. The second-order valence-electron chi connectivity index (χ2n) is 4.42. The minimum atomic E-state index is -0.341. The van der Waals surface area contributed by atoms with Gasteiger partial charge in [-0.25, -0.2) is 4.79 Å². The van der Waals surface area contributed by atoms with Gasteiger partial charge in [0.05, 0.1) is 13.1 Å². The molecule has 18 heavy (non-hydrogen) atoms. The molecule has 2 heterocycles. The Morgan fingerprint density at radius 1 is 1.50 bits per heavy atom. The van der Waals surface area contributed by atoms with Gasteiger partial charge in [0.2, 0.25) is 0 Å². The van der Waals surface area contributed by atoms with Crippen LogP contribution in [-0.4, -0.2) is 39.3 Å². The van der Waals surface area contributed by atoms with Gasteiger partial charge < -0.3 is 20.4 Å². The van der Waals surface area contributed by atoms with Gasteiger partial charge in [0.15, 0.2) is 5.16 Å². The largest absolute Gasteiger partial charge is 0.443 e. The van der Waals surface area contributed by atoms with Crippen molar-refractivity contribution in [3.8, 4) is 0 Å². The molecule has 1 aliphatic carbocycles. The van der Waals surface area contributed by atoms with Crippen molar-refractivity contribution in [2.24, 2.45) is 5.73 Å². The second-order valence-corrected chi connectivity index (χ2v) is 5.41. The molecule has 1 aromatic rings. The first-order valence-corrected chi connectivity index (χ1v) is 6.97. The van der Waals surface area contributed by atoms with Crippen LogP contribution in [0, 0.1) is 0 Å². The molecule has 3 rings (SSSR count). The molecular formula is C10H15N5O2S. The van der Waals surface area contributed by atoms with E-state index in [9.17, 15) is 4.79 Å². The van der Waals surface area contributed by atoms with E-state index in [1.807, 2.05) is 0 Å². The molecule has 0 aromatic carbocycles. The second kappa shape index (κ2) is 4.77. The zero-order valence-electron chi connectivity index (χ0n) is 9.83. The average molecular weight is 269 g/mol. The molecule has 0 radical (unpaired) electrons. The van der Waals surface area contributed by atoms with Crippen LogP contribution in [0.1, 0.15) is 24.7 Å². The normalized spacial score (nSPS) is 22.9. The number of thioether (sulfide) groups is 1. The maximum Gasteiger partial charge on any atom is 0.407 e. The number of carbonyl (C=O) groups excluding carboxylic acids is 1. The van der Waals surface area contributed by atoms with Crippen molar-refractivity contribution in [2.75, 3.05) is 12.3 Å². The number of hydrogen-bond acceptors (Lipinski definition) is 6. The summed E-state index contributed by atoms with van der Waals surface area (Å²) in [4.78, 5) is 10.9. The number of ether oxygens (including phenoxy) is 1. The number of nitrogens with zero attached hydrogens (tertiary/aromatic N) is 3. The molecule has 7 nitrogen and oxygen atoms in total. The Morgan fingerprint density at radius 3 is 2.94 bits per heavy atom. The van der Waals surface area contributed by atoms with Crippen LogP contribution in [0.5, 0.6) is 0 Å².